The number of carbonyl (C=O) groups excluding carboxylic acids is 1. The Labute approximate surface area is 189 Å². The third-order valence-electron chi connectivity index (χ3n) is 7.54. The van der Waals surface area contributed by atoms with Crippen LogP contribution >= 0.6 is 0 Å². The average molecular weight is 432 g/mol. The molecule has 2 saturated heterocycles. The fourth-order valence-electron chi connectivity index (χ4n) is 5.77. The van der Waals surface area contributed by atoms with Crippen LogP contribution in [0.1, 0.15) is 62.2 Å². The second-order valence-corrected chi connectivity index (χ2v) is 9.42. The van der Waals surface area contributed by atoms with Crippen LogP contribution < -0.4 is 0 Å². The smallest absolute Gasteiger partial charge is 0.338 e. The van der Waals surface area contributed by atoms with Crippen LogP contribution in [0.15, 0.2) is 30.3 Å². The van der Waals surface area contributed by atoms with E-state index in [0.717, 1.165) is 54.9 Å². The summed E-state index contributed by atoms with van der Waals surface area (Å²) < 4.78 is 5.15. The summed E-state index contributed by atoms with van der Waals surface area (Å²) in [6.07, 6.45) is 0.525. The van der Waals surface area contributed by atoms with Gasteiger partial charge in [0.2, 0.25) is 0 Å². The minimum atomic E-state index is -0.583. The zero-order valence-corrected chi connectivity index (χ0v) is 18.7. The molecule has 0 spiro atoms. The second kappa shape index (κ2) is 8.32. The fourth-order valence-corrected chi connectivity index (χ4v) is 5.77. The van der Waals surface area contributed by atoms with Gasteiger partial charge in [-0.1, -0.05) is 12.1 Å². The van der Waals surface area contributed by atoms with Crippen LogP contribution in [0.25, 0.3) is 0 Å². The lowest BCUT2D eigenvalue weighted by atomic mass is 9.91. The summed E-state index contributed by atoms with van der Waals surface area (Å²) in [4.78, 5) is 16.7. The van der Waals surface area contributed by atoms with Gasteiger partial charge in [-0.2, -0.15) is 5.26 Å². The summed E-state index contributed by atoms with van der Waals surface area (Å²) in [6.45, 7) is 8.94. The van der Waals surface area contributed by atoms with Crippen molar-refractivity contribution in [2.45, 2.75) is 44.9 Å². The molecule has 2 aromatic rings. The molecule has 2 fully saturated rings. The van der Waals surface area contributed by atoms with E-state index in [4.69, 9.17) is 10.00 Å². The van der Waals surface area contributed by atoms with Gasteiger partial charge in [0.1, 0.15) is 6.61 Å². The molecule has 0 bridgehead atoms. The van der Waals surface area contributed by atoms with Crippen molar-refractivity contribution in [3.63, 3.8) is 0 Å². The largest absolute Gasteiger partial charge is 0.457 e. The molecule has 6 nitrogen and oxygen atoms in total. The Kier molecular flexibility index (Phi) is 5.50. The van der Waals surface area contributed by atoms with Gasteiger partial charge in [-0.25, -0.2) is 4.79 Å². The molecule has 32 heavy (non-hydrogen) atoms. The first-order valence-electron chi connectivity index (χ1n) is 11.4. The number of aliphatic hydroxyl groups excluding tert-OH is 1. The number of piperazine rings is 1. The van der Waals surface area contributed by atoms with E-state index in [0.29, 0.717) is 30.7 Å². The minimum absolute atomic E-state index is 0.270. The lowest BCUT2D eigenvalue weighted by Crippen LogP contribution is -2.51. The van der Waals surface area contributed by atoms with Gasteiger partial charge in [-0.05, 0) is 66.6 Å². The summed E-state index contributed by atoms with van der Waals surface area (Å²) in [6, 6.07) is 12.4. The van der Waals surface area contributed by atoms with Crippen LogP contribution in [-0.4, -0.2) is 59.6 Å². The first-order chi connectivity index (χ1) is 15.4. The van der Waals surface area contributed by atoms with Gasteiger partial charge >= 0.3 is 5.97 Å². The van der Waals surface area contributed by atoms with Gasteiger partial charge in [-0.15, -0.1) is 0 Å². The van der Waals surface area contributed by atoms with E-state index < -0.39 is 6.10 Å². The van der Waals surface area contributed by atoms with Crippen molar-refractivity contribution >= 4 is 5.97 Å². The van der Waals surface area contributed by atoms with E-state index in [1.165, 1.54) is 11.1 Å². The van der Waals surface area contributed by atoms with E-state index in [-0.39, 0.29) is 5.97 Å². The first-order valence-corrected chi connectivity index (χ1v) is 11.4. The molecule has 0 aliphatic carbocycles. The molecule has 0 aromatic heterocycles. The van der Waals surface area contributed by atoms with Crippen molar-refractivity contribution in [1.82, 2.24) is 9.80 Å². The Hall–Kier alpha value is -2.72. The summed E-state index contributed by atoms with van der Waals surface area (Å²) in [5, 5.41) is 20.1. The number of carbonyl (C=O) groups is 1. The fraction of sp³-hybridized carbons (Fsp3) is 0.462. The zero-order valence-electron chi connectivity index (χ0n) is 18.7. The highest BCUT2D eigenvalue weighted by Crippen LogP contribution is 2.36. The molecule has 3 aliphatic heterocycles. The Morgan fingerprint density at radius 3 is 2.84 bits per heavy atom. The van der Waals surface area contributed by atoms with Crippen LogP contribution in [0.2, 0.25) is 0 Å². The van der Waals surface area contributed by atoms with E-state index in [1.807, 2.05) is 25.1 Å². The quantitative estimate of drug-likeness (QED) is 0.750. The number of nitriles is 1. The van der Waals surface area contributed by atoms with Crippen molar-refractivity contribution in [3.05, 3.63) is 69.3 Å². The number of hydrogen-bond donors (Lipinski definition) is 1. The first kappa shape index (κ1) is 21.1. The van der Waals surface area contributed by atoms with Gasteiger partial charge in [0.25, 0.3) is 0 Å². The van der Waals surface area contributed by atoms with Gasteiger partial charge in [0, 0.05) is 44.3 Å². The topological polar surface area (TPSA) is 76.8 Å². The van der Waals surface area contributed by atoms with Crippen molar-refractivity contribution in [1.29, 1.82) is 5.26 Å². The maximum absolute atomic E-state index is 11.8. The standard InChI is InChI=1S/C26H29N3O3/c1-16-9-18(11-27)3-4-21(16)19-10-20-13-28(7-8-29(20)12-19)14-25(30)22-5-6-23-24(17(22)2)15-32-26(23)31/h3-6,9,19-20,25,30H,7-8,10,12-15H2,1-2H3/t19?,20-,25-/m0/s1. The molecule has 0 radical (unpaired) electrons. The van der Waals surface area contributed by atoms with Gasteiger partial charge in [-0.3, -0.25) is 9.80 Å². The van der Waals surface area contributed by atoms with E-state index in [1.54, 1.807) is 6.07 Å². The Balaban J connectivity index is 1.24. The summed E-state index contributed by atoms with van der Waals surface area (Å²) in [7, 11) is 0. The maximum atomic E-state index is 11.8. The second-order valence-electron chi connectivity index (χ2n) is 9.42. The molecule has 5 rings (SSSR count). The predicted octanol–water partition coefficient (Wildman–Crippen LogP) is 3.05. The van der Waals surface area contributed by atoms with E-state index >= 15 is 0 Å². The van der Waals surface area contributed by atoms with Crippen LogP contribution in [0.3, 0.4) is 0 Å². The van der Waals surface area contributed by atoms with Gasteiger partial charge < -0.3 is 9.84 Å². The summed E-state index contributed by atoms with van der Waals surface area (Å²) in [5.74, 6) is 0.225. The van der Waals surface area contributed by atoms with E-state index in [9.17, 15) is 9.90 Å². The van der Waals surface area contributed by atoms with Gasteiger partial charge in [0.15, 0.2) is 0 Å². The molecule has 2 aromatic carbocycles. The Morgan fingerprint density at radius 1 is 1.22 bits per heavy atom. The molecule has 166 valence electrons. The Morgan fingerprint density at radius 2 is 2.06 bits per heavy atom. The predicted molar refractivity (Wildman–Crippen MR) is 120 cm³/mol. The number of rotatable bonds is 4. The number of cyclic esters (lactones) is 1. The van der Waals surface area contributed by atoms with E-state index in [2.05, 4.69) is 28.9 Å². The highest BCUT2D eigenvalue weighted by Gasteiger charge is 2.37. The highest BCUT2D eigenvalue weighted by atomic mass is 16.5. The minimum Gasteiger partial charge on any atom is -0.457 e. The maximum Gasteiger partial charge on any atom is 0.338 e. The molecule has 3 atom stereocenters. The number of nitrogens with zero attached hydrogens (tertiary/aromatic N) is 3. The molecule has 1 N–H and O–H groups in total. The molecule has 3 heterocycles. The molecule has 3 aliphatic rings. The van der Waals surface area contributed by atoms with Crippen LogP contribution in [0.5, 0.6) is 0 Å². The lowest BCUT2D eigenvalue weighted by Gasteiger charge is -2.38. The molecule has 0 amide bonds. The van der Waals surface area contributed by atoms with Crippen molar-refractivity contribution in [2.24, 2.45) is 0 Å². The summed E-state index contributed by atoms with van der Waals surface area (Å²) in [5.41, 5.74) is 6.68. The monoisotopic (exact) mass is 431 g/mol. The number of hydrogen-bond acceptors (Lipinski definition) is 6. The average Bonchev–Trinajstić information content (AvgIpc) is 3.37. The normalized spacial score (nSPS) is 24.0. The lowest BCUT2D eigenvalue weighted by molar-refractivity contribution is 0.0534. The third-order valence-corrected chi connectivity index (χ3v) is 7.54. The molecule has 0 saturated carbocycles. The molecular formula is C26H29N3O3. The van der Waals surface area contributed by atoms with Crippen LogP contribution in [0.4, 0.5) is 0 Å². The Bertz CT molecular complexity index is 1110. The number of benzene rings is 2. The van der Waals surface area contributed by atoms with Crippen LogP contribution in [-0.2, 0) is 11.3 Å². The van der Waals surface area contributed by atoms with Crippen molar-refractivity contribution in [2.75, 3.05) is 32.7 Å². The van der Waals surface area contributed by atoms with Crippen molar-refractivity contribution in [3.8, 4) is 6.07 Å². The zero-order chi connectivity index (χ0) is 22.4. The van der Waals surface area contributed by atoms with Crippen molar-refractivity contribution < 1.29 is 14.6 Å². The van der Waals surface area contributed by atoms with Crippen LogP contribution in [0, 0.1) is 25.2 Å². The van der Waals surface area contributed by atoms with Gasteiger partial charge in [0.05, 0.1) is 23.3 Å². The number of esters is 1. The summed E-state index contributed by atoms with van der Waals surface area (Å²) >= 11 is 0. The number of ether oxygens (including phenoxy) is 1. The number of aryl methyl sites for hydroxylation is 1. The number of aliphatic hydroxyl groups is 1. The SMILES string of the molecule is Cc1cc(C#N)ccc1C1C[C@H]2CN(C[C@H](O)c3ccc4c(c3C)COC4=O)CCN2C1. The number of fused-ring (bicyclic) bond motifs is 2. The molecular weight excluding hydrogens is 402 g/mol. The highest BCUT2D eigenvalue weighted by molar-refractivity contribution is 5.93. The third kappa shape index (κ3) is 3.71. The number of β-amino-alcohol motifs (C(OH)–C–C–N with tert-alkyl or cyclic N) is 1. The molecule has 6 heteroatoms. The molecule has 1 unspecified atom stereocenters.